The molecular formula is C13H14N4. The number of imidazole rings is 1. The Morgan fingerprint density at radius 2 is 2.29 bits per heavy atom. The van der Waals surface area contributed by atoms with Crippen molar-refractivity contribution in [1.82, 2.24) is 15.3 Å². The van der Waals surface area contributed by atoms with Crippen molar-refractivity contribution in [1.29, 1.82) is 5.26 Å². The number of benzene rings is 1. The molecule has 0 radical (unpaired) electrons. The fourth-order valence-corrected chi connectivity index (χ4v) is 1.65. The van der Waals surface area contributed by atoms with Gasteiger partial charge in [-0.1, -0.05) is 12.1 Å². The van der Waals surface area contributed by atoms with E-state index in [-0.39, 0.29) is 0 Å². The van der Waals surface area contributed by atoms with E-state index in [1.807, 2.05) is 37.4 Å². The average Bonchev–Trinajstić information content (AvgIpc) is 2.75. The zero-order valence-corrected chi connectivity index (χ0v) is 9.70. The summed E-state index contributed by atoms with van der Waals surface area (Å²) in [6, 6.07) is 9.74. The maximum atomic E-state index is 8.78. The molecule has 0 bridgehead atoms. The Balaban J connectivity index is 1.88. The van der Waals surface area contributed by atoms with E-state index in [1.165, 1.54) is 0 Å². The Bertz CT molecular complexity index is 536. The summed E-state index contributed by atoms with van der Waals surface area (Å²) in [5.74, 6) is 0.924. The Kier molecular flexibility index (Phi) is 3.53. The molecule has 0 aliphatic heterocycles. The quantitative estimate of drug-likeness (QED) is 0.836. The van der Waals surface area contributed by atoms with Crippen LogP contribution in [0.15, 0.2) is 30.5 Å². The summed E-state index contributed by atoms with van der Waals surface area (Å²) in [5, 5.41) is 12.1. The highest BCUT2D eigenvalue weighted by molar-refractivity contribution is 5.32. The molecule has 4 heteroatoms. The van der Waals surface area contributed by atoms with Gasteiger partial charge in [0.15, 0.2) is 0 Å². The highest BCUT2D eigenvalue weighted by Crippen LogP contribution is 2.04. The van der Waals surface area contributed by atoms with Crippen molar-refractivity contribution in [2.45, 2.75) is 20.0 Å². The minimum absolute atomic E-state index is 0.696. The molecule has 0 spiro atoms. The smallest absolute Gasteiger partial charge is 0.103 e. The maximum Gasteiger partial charge on any atom is 0.103 e. The van der Waals surface area contributed by atoms with Crippen LogP contribution in [-0.4, -0.2) is 9.97 Å². The van der Waals surface area contributed by atoms with E-state index in [4.69, 9.17) is 5.26 Å². The Hall–Kier alpha value is -2.12. The van der Waals surface area contributed by atoms with Crippen molar-refractivity contribution in [3.8, 4) is 6.07 Å². The molecule has 1 heterocycles. The van der Waals surface area contributed by atoms with E-state index in [1.54, 1.807) is 0 Å². The van der Waals surface area contributed by atoms with Crippen molar-refractivity contribution in [2.24, 2.45) is 0 Å². The number of aromatic amines is 1. The maximum absolute atomic E-state index is 8.78. The van der Waals surface area contributed by atoms with Gasteiger partial charge >= 0.3 is 0 Å². The Morgan fingerprint density at radius 1 is 1.41 bits per heavy atom. The van der Waals surface area contributed by atoms with Gasteiger partial charge in [-0.2, -0.15) is 5.26 Å². The zero-order valence-electron chi connectivity index (χ0n) is 9.70. The lowest BCUT2D eigenvalue weighted by atomic mass is 10.1. The van der Waals surface area contributed by atoms with Crippen LogP contribution in [0, 0.1) is 18.3 Å². The molecule has 0 fully saturated rings. The van der Waals surface area contributed by atoms with Crippen LogP contribution in [0.2, 0.25) is 0 Å². The second kappa shape index (κ2) is 5.28. The first-order valence-electron chi connectivity index (χ1n) is 5.48. The van der Waals surface area contributed by atoms with E-state index in [0.29, 0.717) is 5.56 Å². The topological polar surface area (TPSA) is 64.5 Å². The van der Waals surface area contributed by atoms with E-state index >= 15 is 0 Å². The van der Waals surface area contributed by atoms with Crippen LogP contribution in [0.3, 0.4) is 0 Å². The van der Waals surface area contributed by atoms with E-state index in [2.05, 4.69) is 21.4 Å². The number of aryl methyl sites for hydroxylation is 1. The van der Waals surface area contributed by atoms with Crippen molar-refractivity contribution in [2.75, 3.05) is 0 Å². The summed E-state index contributed by atoms with van der Waals surface area (Å²) in [5.41, 5.74) is 2.88. The third kappa shape index (κ3) is 3.16. The average molecular weight is 226 g/mol. The standard InChI is InChI=1S/C13H14N4/c1-10-16-9-13(17-10)8-15-7-12-4-2-3-11(5-12)6-14/h2-5,9,15H,7-8H2,1H3,(H,16,17). The number of nitriles is 1. The first-order chi connectivity index (χ1) is 8.28. The van der Waals surface area contributed by atoms with Gasteiger partial charge < -0.3 is 10.3 Å². The first-order valence-corrected chi connectivity index (χ1v) is 5.48. The summed E-state index contributed by atoms with van der Waals surface area (Å²) in [6.45, 7) is 3.42. The molecule has 4 nitrogen and oxygen atoms in total. The third-order valence-electron chi connectivity index (χ3n) is 2.46. The van der Waals surface area contributed by atoms with Crippen molar-refractivity contribution >= 4 is 0 Å². The molecule has 0 aliphatic carbocycles. The summed E-state index contributed by atoms with van der Waals surface area (Å²) in [4.78, 5) is 7.29. The monoisotopic (exact) mass is 226 g/mol. The van der Waals surface area contributed by atoms with Gasteiger partial charge in [0, 0.05) is 25.0 Å². The van der Waals surface area contributed by atoms with E-state index < -0.39 is 0 Å². The number of hydrogen-bond donors (Lipinski definition) is 2. The summed E-state index contributed by atoms with van der Waals surface area (Å²) >= 11 is 0. The molecule has 0 aliphatic rings. The van der Waals surface area contributed by atoms with Crippen molar-refractivity contribution < 1.29 is 0 Å². The SMILES string of the molecule is Cc1ncc(CNCc2cccc(C#N)c2)[nH]1. The lowest BCUT2D eigenvalue weighted by Crippen LogP contribution is -2.12. The minimum atomic E-state index is 0.696. The highest BCUT2D eigenvalue weighted by atomic mass is 15.0. The minimum Gasteiger partial charge on any atom is -0.345 e. The number of H-pyrrole nitrogens is 1. The molecule has 1 aromatic heterocycles. The van der Waals surface area contributed by atoms with Gasteiger partial charge in [0.05, 0.1) is 11.6 Å². The van der Waals surface area contributed by atoms with E-state index in [0.717, 1.165) is 30.2 Å². The predicted molar refractivity (Wildman–Crippen MR) is 65.0 cm³/mol. The first kappa shape index (κ1) is 11.4. The molecule has 2 N–H and O–H groups in total. The molecule has 86 valence electrons. The van der Waals surface area contributed by atoms with E-state index in [9.17, 15) is 0 Å². The largest absolute Gasteiger partial charge is 0.345 e. The summed E-state index contributed by atoms with van der Waals surface area (Å²) in [7, 11) is 0. The van der Waals surface area contributed by atoms with Crippen molar-refractivity contribution in [3.63, 3.8) is 0 Å². The van der Waals surface area contributed by atoms with Crippen LogP contribution in [0.4, 0.5) is 0 Å². The molecule has 17 heavy (non-hydrogen) atoms. The molecule has 0 saturated carbocycles. The number of rotatable bonds is 4. The molecule has 0 saturated heterocycles. The molecule has 0 unspecified atom stereocenters. The lowest BCUT2D eigenvalue weighted by Gasteiger charge is -2.03. The molecule has 2 aromatic rings. The molecule has 0 atom stereocenters. The normalized spacial score (nSPS) is 10.1. The molecule has 0 amide bonds. The van der Waals surface area contributed by atoms with Gasteiger partial charge in [-0.3, -0.25) is 0 Å². The summed E-state index contributed by atoms with van der Waals surface area (Å²) in [6.07, 6.45) is 1.83. The molecule has 1 aromatic carbocycles. The Labute approximate surface area is 100 Å². The van der Waals surface area contributed by atoms with Gasteiger partial charge in [0.1, 0.15) is 5.82 Å². The van der Waals surface area contributed by atoms with Gasteiger partial charge in [0.2, 0.25) is 0 Å². The number of aromatic nitrogens is 2. The van der Waals surface area contributed by atoms with Crippen LogP contribution in [0.5, 0.6) is 0 Å². The molecular weight excluding hydrogens is 212 g/mol. The molecule has 2 rings (SSSR count). The fourth-order valence-electron chi connectivity index (χ4n) is 1.65. The third-order valence-corrected chi connectivity index (χ3v) is 2.46. The van der Waals surface area contributed by atoms with Crippen LogP contribution in [0.1, 0.15) is 22.6 Å². The second-order valence-electron chi connectivity index (χ2n) is 3.91. The fraction of sp³-hybridized carbons (Fsp3) is 0.231. The second-order valence-corrected chi connectivity index (χ2v) is 3.91. The zero-order chi connectivity index (χ0) is 12.1. The summed E-state index contributed by atoms with van der Waals surface area (Å²) < 4.78 is 0. The van der Waals surface area contributed by atoms with Crippen molar-refractivity contribution in [3.05, 3.63) is 53.1 Å². The number of hydrogen-bond acceptors (Lipinski definition) is 3. The van der Waals surface area contributed by atoms with Crippen LogP contribution in [-0.2, 0) is 13.1 Å². The van der Waals surface area contributed by atoms with Gasteiger partial charge in [-0.15, -0.1) is 0 Å². The number of nitrogens with zero attached hydrogens (tertiary/aromatic N) is 2. The Morgan fingerprint density at radius 3 is 3.00 bits per heavy atom. The van der Waals surface area contributed by atoms with Gasteiger partial charge in [-0.05, 0) is 24.6 Å². The lowest BCUT2D eigenvalue weighted by molar-refractivity contribution is 0.681. The van der Waals surface area contributed by atoms with Crippen LogP contribution >= 0.6 is 0 Å². The van der Waals surface area contributed by atoms with Crippen LogP contribution < -0.4 is 5.32 Å². The van der Waals surface area contributed by atoms with Crippen LogP contribution in [0.25, 0.3) is 0 Å². The van der Waals surface area contributed by atoms with Gasteiger partial charge in [0.25, 0.3) is 0 Å². The number of nitrogens with one attached hydrogen (secondary N) is 2. The predicted octanol–water partition coefficient (Wildman–Crippen LogP) is 1.88. The van der Waals surface area contributed by atoms with Gasteiger partial charge in [-0.25, -0.2) is 4.98 Å². The highest BCUT2D eigenvalue weighted by Gasteiger charge is 1.98.